The van der Waals surface area contributed by atoms with Gasteiger partial charge in [-0.15, -0.1) is 0 Å². The van der Waals surface area contributed by atoms with Gasteiger partial charge in [0.2, 0.25) is 0 Å². The van der Waals surface area contributed by atoms with E-state index >= 15 is 0 Å². The lowest BCUT2D eigenvalue weighted by atomic mass is 10.1. The van der Waals surface area contributed by atoms with Crippen molar-refractivity contribution in [3.8, 4) is 0 Å². The highest BCUT2D eigenvalue weighted by Crippen LogP contribution is 2.19. The normalized spacial score (nSPS) is 14.5. The molecule has 0 atom stereocenters. The molecule has 28 heavy (non-hydrogen) atoms. The molecule has 0 radical (unpaired) electrons. The number of piperazine rings is 1. The number of H-pyrrole nitrogens is 1. The molecule has 2 heterocycles. The number of amides is 2. The molecule has 1 fully saturated rings. The summed E-state index contributed by atoms with van der Waals surface area (Å²) in [5, 5.41) is 0.607. The van der Waals surface area contributed by atoms with Crippen LogP contribution in [0.3, 0.4) is 0 Å². The number of nitrogens with one attached hydrogen (secondary N) is 1. The van der Waals surface area contributed by atoms with E-state index in [1.54, 1.807) is 17.0 Å². The first-order chi connectivity index (χ1) is 13.4. The molecule has 2 amide bonds. The minimum absolute atomic E-state index is 0.0660. The monoisotopic (exact) mass is 387 g/mol. The molecule has 0 unspecified atom stereocenters. The standard InChI is InChI=1S/C20H16F3N3O2/c21-14-2-4-17-13(9-14)11-18(24-17)20(28)26-7-5-25(6-8-26)19(27)12-1-3-15(22)16(23)10-12/h1-4,9-11,24H,5-8H2. The molecule has 5 nitrogen and oxygen atoms in total. The minimum atomic E-state index is -1.07. The average molecular weight is 387 g/mol. The molecule has 0 saturated carbocycles. The zero-order valence-corrected chi connectivity index (χ0v) is 14.7. The summed E-state index contributed by atoms with van der Waals surface area (Å²) < 4.78 is 39.7. The number of aromatic amines is 1. The number of hydrogen-bond acceptors (Lipinski definition) is 2. The summed E-state index contributed by atoms with van der Waals surface area (Å²) in [5.41, 5.74) is 1.08. The van der Waals surface area contributed by atoms with Crippen molar-refractivity contribution in [2.45, 2.75) is 0 Å². The number of nitrogens with zero attached hydrogens (tertiary/aromatic N) is 2. The lowest BCUT2D eigenvalue weighted by Gasteiger charge is -2.34. The Hall–Kier alpha value is -3.29. The predicted molar refractivity (Wildman–Crippen MR) is 96.4 cm³/mol. The van der Waals surface area contributed by atoms with Crippen molar-refractivity contribution in [3.63, 3.8) is 0 Å². The summed E-state index contributed by atoms with van der Waals surface area (Å²) in [7, 11) is 0. The maximum Gasteiger partial charge on any atom is 0.270 e. The number of rotatable bonds is 2. The third kappa shape index (κ3) is 3.33. The number of fused-ring (bicyclic) bond motifs is 1. The Balaban J connectivity index is 1.43. The third-order valence-corrected chi connectivity index (χ3v) is 4.83. The molecule has 144 valence electrons. The zero-order chi connectivity index (χ0) is 19.8. The molecular formula is C20H16F3N3O2. The topological polar surface area (TPSA) is 56.4 Å². The van der Waals surface area contributed by atoms with Crippen LogP contribution >= 0.6 is 0 Å². The van der Waals surface area contributed by atoms with Crippen molar-refractivity contribution in [1.82, 2.24) is 14.8 Å². The summed E-state index contributed by atoms with van der Waals surface area (Å²) in [4.78, 5) is 31.2. The Kier molecular flexibility index (Phi) is 4.54. The Morgan fingerprint density at radius 2 is 1.46 bits per heavy atom. The predicted octanol–water partition coefficient (Wildman–Crippen LogP) is 3.18. The van der Waals surface area contributed by atoms with E-state index in [4.69, 9.17) is 0 Å². The molecule has 3 aromatic rings. The highest BCUT2D eigenvalue weighted by molar-refractivity contribution is 5.98. The lowest BCUT2D eigenvalue weighted by molar-refractivity contribution is 0.0532. The quantitative estimate of drug-likeness (QED) is 0.734. The second-order valence-electron chi connectivity index (χ2n) is 6.63. The van der Waals surface area contributed by atoms with Crippen LogP contribution in [0.2, 0.25) is 0 Å². The van der Waals surface area contributed by atoms with Crippen molar-refractivity contribution in [2.75, 3.05) is 26.2 Å². The van der Waals surface area contributed by atoms with Crippen molar-refractivity contribution in [2.24, 2.45) is 0 Å². The van der Waals surface area contributed by atoms with Gasteiger partial charge in [0, 0.05) is 42.6 Å². The van der Waals surface area contributed by atoms with Crippen molar-refractivity contribution < 1.29 is 22.8 Å². The van der Waals surface area contributed by atoms with Gasteiger partial charge in [-0.05, 0) is 42.5 Å². The Morgan fingerprint density at radius 3 is 2.14 bits per heavy atom. The van der Waals surface area contributed by atoms with Crippen LogP contribution in [-0.2, 0) is 0 Å². The van der Waals surface area contributed by atoms with E-state index in [2.05, 4.69) is 4.98 Å². The van der Waals surface area contributed by atoms with Gasteiger partial charge in [0.1, 0.15) is 11.5 Å². The van der Waals surface area contributed by atoms with Gasteiger partial charge < -0.3 is 14.8 Å². The van der Waals surface area contributed by atoms with Crippen molar-refractivity contribution >= 4 is 22.7 Å². The van der Waals surface area contributed by atoms with Crippen molar-refractivity contribution in [1.29, 1.82) is 0 Å². The Labute approximate surface area is 158 Å². The van der Waals surface area contributed by atoms with Crippen LogP contribution in [0, 0.1) is 17.5 Å². The maximum absolute atomic E-state index is 13.3. The van der Waals surface area contributed by atoms with E-state index in [-0.39, 0.29) is 30.4 Å². The van der Waals surface area contributed by atoms with Crippen LogP contribution in [0.1, 0.15) is 20.8 Å². The van der Waals surface area contributed by atoms with Crippen molar-refractivity contribution in [3.05, 3.63) is 71.2 Å². The van der Waals surface area contributed by atoms with E-state index in [9.17, 15) is 22.8 Å². The molecule has 1 aliphatic rings. The summed E-state index contributed by atoms with van der Waals surface area (Å²) in [6.45, 7) is 1.16. The molecule has 8 heteroatoms. The largest absolute Gasteiger partial charge is 0.351 e. The average Bonchev–Trinajstić information content (AvgIpc) is 3.12. The van der Waals surface area contributed by atoms with Gasteiger partial charge in [-0.25, -0.2) is 13.2 Å². The molecule has 4 rings (SSSR count). The SMILES string of the molecule is O=C(c1ccc(F)c(F)c1)N1CCN(C(=O)c2cc3cc(F)ccc3[nH]2)CC1. The van der Waals surface area contributed by atoms with Gasteiger partial charge in [0.05, 0.1) is 0 Å². The summed E-state index contributed by atoms with van der Waals surface area (Å²) in [6, 6.07) is 8.86. The second kappa shape index (κ2) is 7.03. The number of aromatic nitrogens is 1. The van der Waals surface area contributed by atoms with Crippen LogP contribution in [-0.4, -0.2) is 52.8 Å². The first-order valence-electron chi connectivity index (χ1n) is 8.74. The molecule has 2 aromatic carbocycles. The molecular weight excluding hydrogens is 371 g/mol. The van der Waals surface area contributed by atoms with Crippen LogP contribution in [0.15, 0.2) is 42.5 Å². The molecule has 1 aliphatic heterocycles. The smallest absolute Gasteiger partial charge is 0.270 e. The summed E-state index contributed by atoms with van der Waals surface area (Å²) in [6.07, 6.45) is 0. The Morgan fingerprint density at radius 1 is 0.786 bits per heavy atom. The molecule has 1 N–H and O–H groups in total. The summed E-state index contributed by atoms with van der Waals surface area (Å²) >= 11 is 0. The lowest BCUT2D eigenvalue weighted by Crippen LogP contribution is -2.50. The van der Waals surface area contributed by atoms with E-state index in [1.807, 2.05) is 0 Å². The maximum atomic E-state index is 13.3. The van der Waals surface area contributed by atoms with Crippen LogP contribution in [0.25, 0.3) is 10.9 Å². The van der Waals surface area contributed by atoms with Gasteiger partial charge >= 0.3 is 0 Å². The van der Waals surface area contributed by atoms with E-state index in [0.29, 0.717) is 29.7 Å². The van der Waals surface area contributed by atoms with Crippen LogP contribution in [0.4, 0.5) is 13.2 Å². The fraction of sp³-hybridized carbons (Fsp3) is 0.200. The fourth-order valence-corrected chi connectivity index (χ4v) is 3.31. The molecule has 1 aromatic heterocycles. The fourth-order valence-electron chi connectivity index (χ4n) is 3.31. The number of carbonyl (C=O) groups excluding carboxylic acids is 2. The first-order valence-corrected chi connectivity index (χ1v) is 8.74. The Bertz CT molecular complexity index is 1070. The highest BCUT2D eigenvalue weighted by atomic mass is 19.2. The van der Waals surface area contributed by atoms with Crippen LogP contribution in [0.5, 0.6) is 0 Å². The molecule has 1 saturated heterocycles. The zero-order valence-electron chi connectivity index (χ0n) is 14.7. The second-order valence-corrected chi connectivity index (χ2v) is 6.63. The van der Waals surface area contributed by atoms with E-state index in [0.717, 1.165) is 12.1 Å². The van der Waals surface area contributed by atoms with Gasteiger partial charge in [0.25, 0.3) is 11.8 Å². The van der Waals surface area contributed by atoms with Gasteiger partial charge in [-0.2, -0.15) is 0 Å². The molecule has 0 aliphatic carbocycles. The van der Waals surface area contributed by atoms with Crippen LogP contribution < -0.4 is 0 Å². The van der Waals surface area contributed by atoms with E-state index in [1.165, 1.54) is 23.1 Å². The van der Waals surface area contributed by atoms with E-state index < -0.39 is 17.5 Å². The number of carbonyl (C=O) groups is 2. The van der Waals surface area contributed by atoms with Gasteiger partial charge in [-0.3, -0.25) is 9.59 Å². The summed E-state index contributed by atoms with van der Waals surface area (Å²) in [5.74, 6) is -3.11. The number of benzene rings is 2. The third-order valence-electron chi connectivity index (χ3n) is 4.83. The molecule has 0 bridgehead atoms. The first kappa shape index (κ1) is 18.1. The van der Waals surface area contributed by atoms with Gasteiger partial charge in [-0.1, -0.05) is 0 Å². The highest BCUT2D eigenvalue weighted by Gasteiger charge is 2.26. The number of halogens is 3. The minimum Gasteiger partial charge on any atom is -0.351 e. The molecule has 0 spiro atoms. The van der Waals surface area contributed by atoms with Gasteiger partial charge in [0.15, 0.2) is 11.6 Å². The number of hydrogen-bond donors (Lipinski definition) is 1.